The summed E-state index contributed by atoms with van der Waals surface area (Å²) in [5.41, 5.74) is 0.743. The molecule has 2 atom stereocenters. The number of halogens is 2. The fourth-order valence-electron chi connectivity index (χ4n) is 3.38. The lowest BCUT2D eigenvalue weighted by Gasteiger charge is -2.34. The van der Waals surface area contributed by atoms with Gasteiger partial charge in [-0.1, -0.05) is 35.8 Å². The number of carbonyl (C=O) groups is 1. The highest BCUT2D eigenvalue weighted by Crippen LogP contribution is 2.37. The largest absolute Gasteiger partial charge is 0.480 e. The van der Waals surface area contributed by atoms with Gasteiger partial charge in [0.1, 0.15) is 5.52 Å². The van der Waals surface area contributed by atoms with E-state index in [0.29, 0.717) is 17.6 Å². The maximum Gasteiger partial charge on any atom is 0.260 e. The molecule has 0 saturated carbocycles. The number of aromatic nitrogens is 1. The van der Waals surface area contributed by atoms with Crippen LogP contribution in [0.4, 0.5) is 0 Å². The number of ether oxygens (including phenoxy) is 1. The zero-order valence-corrected chi connectivity index (χ0v) is 16.9. The lowest BCUT2D eigenvalue weighted by atomic mass is 9.92. The predicted molar refractivity (Wildman–Crippen MR) is 102 cm³/mol. The van der Waals surface area contributed by atoms with Crippen molar-refractivity contribution in [2.24, 2.45) is 11.8 Å². The van der Waals surface area contributed by atoms with Gasteiger partial charge < -0.3 is 9.64 Å². The van der Waals surface area contributed by atoms with E-state index in [1.165, 1.54) is 6.42 Å². The Bertz CT molecular complexity index is 756. The van der Waals surface area contributed by atoms with E-state index >= 15 is 0 Å². The van der Waals surface area contributed by atoms with Gasteiger partial charge in [-0.2, -0.15) is 0 Å². The highest BCUT2D eigenvalue weighted by Gasteiger charge is 2.26. The molecular formula is C18H20Br2N2O2. The fourth-order valence-corrected chi connectivity index (χ4v) is 4.76. The van der Waals surface area contributed by atoms with Crippen molar-refractivity contribution in [1.82, 2.24) is 9.88 Å². The molecule has 2 heterocycles. The van der Waals surface area contributed by atoms with Crippen molar-refractivity contribution in [3.8, 4) is 5.75 Å². The van der Waals surface area contributed by atoms with Crippen molar-refractivity contribution in [2.45, 2.75) is 20.3 Å². The van der Waals surface area contributed by atoms with Gasteiger partial charge in [-0.3, -0.25) is 9.78 Å². The number of carbonyl (C=O) groups excluding carboxylic acids is 1. The van der Waals surface area contributed by atoms with E-state index in [0.717, 1.165) is 32.9 Å². The van der Waals surface area contributed by atoms with Crippen molar-refractivity contribution < 1.29 is 9.53 Å². The molecule has 0 aliphatic carbocycles. The molecule has 1 fully saturated rings. The summed E-state index contributed by atoms with van der Waals surface area (Å²) in [5, 5.41) is 0.961. The summed E-state index contributed by atoms with van der Waals surface area (Å²) in [6.07, 6.45) is 2.90. The molecule has 24 heavy (non-hydrogen) atoms. The molecule has 0 spiro atoms. The Kier molecular flexibility index (Phi) is 5.45. The van der Waals surface area contributed by atoms with Gasteiger partial charge in [0.25, 0.3) is 5.91 Å². The Morgan fingerprint density at radius 3 is 2.71 bits per heavy atom. The highest BCUT2D eigenvalue weighted by atomic mass is 79.9. The van der Waals surface area contributed by atoms with Crippen LogP contribution in [0.2, 0.25) is 0 Å². The number of fused-ring (bicyclic) bond motifs is 1. The third kappa shape index (κ3) is 3.75. The quantitative estimate of drug-likeness (QED) is 0.676. The fraction of sp³-hybridized carbons (Fsp3) is 0.444. The first-order valence-electron chi connectivity index (χ1n) is 8.09. The van der Waals surface area contributed by atoms with Crippen LogP contribution in [0.5, 0.6) is 5.75 Å². The van der Waals surface area contributed by atoms with E-state index in [4.69, 9.17) is 4.74 Å². The lowest BCUT2D eigenvalue weighted by Crippen LogP contribution is -2.44. The van der Waals surface area contributed by atoms with Crippen LogP contribution in [0.3, 0.4) is 0 Å². The number of rotatable bonds is 3. The molecule has 0 bridgehead atoms. The Morgan fingerprint density at radius 1 is 1.29 bits per heavy atom. The number of pyridine rings is 1. The number of hydrogen-bond donors (Lipinski definition) is 0. The number of piperidine rings is 1. The Labute approximate surface area is 158 Å². The molecule has 0 N–H and O–H groups in total. The van der Waals surface area contributed by atoms with E-state index in [9.17, 15) is 4.79 Å². The summed E-state index contributed by atoms with van der Waals surface area (Å²) in [5.74, 6) is 1.73. The molecule has 1 amide bonds. The van der Waals surface area contributed by atoms with Crippen molar-refractivity contribution in [3.63, 3.8) is 0 Å². The normalized spacial score (nSPS) is 21.1. The van der Waals surface area contributed by atoms with Gasteiger partial charge in [-0.05, 0) is 46.3 Å². The molecule has 4 nitrogen and oxygen atoms in total. The molecule has 2 aromatic rings. The summed E-state index contributed by atoms with van der Waals surface area (Å²) in [7, 11) is 0. The van der Waals surface area contributed by atoms with Gasteiger partial charge in [0.2, 0.25) is 0 Å². The summed E-state index contributed by atoms with van der Waals surface area (Å²) in [6, 6.07) is 5.78. The monoisotopic (exact) mass is 454 g/mol. The van der Waals surface area contributed by atoms with Gasteiger partial charge in [0.05, 0.1) is 4.47 Å². The highest BCUT2D eigenvalue weighted by molar-refractivity contribution is 9.11. The zero-order valence-electron chi connectivity index (χ0n) is 13.8. The van der Waals surface area contributed by atoms with Gasteiger partial charge in [0.15, 0.2) is 12.4 Å². The van der Waals surface area contributed by atoms with E-state index in [1.54, 1.807) is 6.20 Å². The number of hydrogen-bond acceptors (Lipinski definition) is 3. The van der Waals surface area contributed by atoms with Crippen LogP contribution < -0.4 is 4.74 Å². The second kappa shape index (κ2) is 7.40. The molecule has 6 heteroatoms. The maximum atomic E-state index is 12.5. The average Bonchev–Trinajstić information content (AvgIpc) is 2.53. The smallest absolute Gasteiger partial charge is 0.260 e. The van der Waals surface area contributed by atoms with E-state index < -0.39 is 0 Å². The van der Waals surface area contributed by atoms with E-state index in [1.807, 2.05) is 23.1 Å². The van der Waals surface area contributed by atoms with Gasteiger partial charge in [-0.15, -0.1) is 0 Å². The topological polar surface area (TPSA) is 42.4 Å². The standard InChI is InChI=1S/C18H20Br2N2O2/c1-11-6-12(2)9-22(8-11)16(23)10-24-18-15(20)7-14(19)13-4-3-5-21-17(13)18/h3-5,7,11-12H,6,8-10H2,1-2H3. The van der Waals surface area contributed by atoms with Crippen LogP contribution in [0, 0.1) is 11.8 Å². The second-order valence-corrected chi connectivity index (χ2v) is 8.31. The van der Waals surface area contributed by atoms with E-state index in [2.05, 4.69) is 50.7 Å². The van der Waals surface area contributed by atoms with Crippen molar-refractivity contribution in [3.05, 3.63) is 33.3 Å². The number of benzene rings is 1. The van der Waals surface area contributed by atoms with Crippen molar-refractivity contribution in [2.75, 3.05) is 19.7 Å². The average molecular weight is 456 g/mol. The summed E-state index contributed by atoms with van der Waals surface area (Å²) < 4.78 is 7.59. The summed E-state index contributed by atoms with van der Waals surface area (Å²) in [6.45, 7) is 6.05. The minimum absolute atomic E-state index is 0.0331. The first-order valence-corrected chi connectivity index (χ1v) is 9.67. The van der Waals surface area contributed by atoms with Crippen LogP contribution in [-0.2, 0) is 4.79 Å². The molecule has 1 aliphatic rings. The Morgan fingerprint density at radius 2 is 2.00 bits per heavy atom. The molecule has 3 rings (SSSR count). The molecule has 128 valence electrons. The van der Waals surface area contributed by atoms with Gasteiger partial charge in [0, 0.05) is 29.1 Å². The lowest BCUT2D eigenvalue weighted by molar-refractivity contribution is -0.136. The maximum absolute atomic E-state index is 12.5. The van der Waals surface area contributed by atoms with Crippen LogP contribution in [-0.4, -0.2) is 35.5 Å². The third-order valence-corrected chi connectivity index (χ3v) is 5.56. The van der Waals surface area contributed by atoms with Gasteiger partial charge >= 0.3 is 0 Å². The number of amides is 1. The molecule has 1 aromatic heterocycles. The summed E-state index contributed by atoms with van der Waals surface area (Å²) in [4.78, 5) is 18.9. The zero-order chi connectivity index (χ0) is 17.3. The number of likely N-dealkylation sites (tertiary alicyclic amines) is 1. The minimum atomic E-state index is 0.0331. The molecule has 1 saturated heterocycles. The van der Waals surface area contributed by atoms with Crippen LogP contribution in [0.25, 0.3) is 10.9 Å². The Hall–Kier alpha value is -1.14. The first-order chi connectivity index (χ1) is 11.5. The molecule has 1 aliphatic heterocycles. The molecular weight excluding hydrogens is 436 g/mol. The van der Waals surface area contributed by atoms with Crippen molar-refractivity contribution in [1.29, 1.82) is 0 Å². The van der Waals surface area contributed by atoms with Crippen LogP contribution >= 0.6 is 31.9 Å². The SMILES string of the molecule is CC1CC(C)CN(C(=O)COc2c(Br)cc(Br)c3cccnc23)C1. The molecule has 2 unspecified atom stereocenters. The Balaban J connectivity index is 1.77. The minimum Gasteiger partial charge on any atom is -0.480 e. The van der Waals surface area contributed by atoms with E-state index in [-0.39, 0.29) is 12.5 Å². The number of nitrogens with zero attached hydrogens (tertiary/aromatic N) is 2. The molecule has 0 radical (unpaired) electrons. The third-order valence-electron chi connectivity index (χ3n) is 4.31. The van der Waals surface area contributed by atoms with Crippen LogP contribution in [0.15, 0.2) is 33.3 Å². The van der Waals surface area contributed by atoms with Gasteiger partial charge in [-0.25, -0.2) is 0 Å². The predicted octanol–water partition coefficient (Wildman–Crippen LogP) is 4.64. The molecule has 1 aromatic carbocycles. The first kappa shape index (κ1) is 17.7. The second-order valence-electron chi connectivity index (χ2n) is 6.60. The van der Waals surface area contributed by atoms with Crippen LogP contribution in [0.1, 0.15) is 20.3 Å². The van der Waals surface area contributed by atoms with Crippen molar-refractivity contribution >= 4 is 48.7 Å². The summed E-state index contributed by atoms with van der Waals surface area (Å²) >= 11 is 7.05.